The summed E-state index contributed by atoms with van der Waals surface area (Å²) >= 11 is -8.43. The van der Waals surface area contributed by atoms with Crippen LogP contribution < -0.4 is 3.47 Å². The summed E-state index contributed by atoms with van der Waals surface area (Å²) in [6.07, 6.45) is 0. The maximum atomic E-state index is 9.22. The summed E-state index contributed by atoms with van der Waals surface area (Å²) < 4.78 is 45.8. The molecule has 0 spiro atoms. The van der Waals surface area contributed by atoms with Crippen LogP contribution in [0.4, 0.5) is 0 Å². The van der Waals surface area contributed by atoms with Crippen LogP contribution in [-0.4, -0.2) is 35.3 Å². The minimum atomic E-state index is -8.43. The molecule has 48 valence electrons. The Morgan fingerprint density at radius 3 is 0.857 bits per heavy atom. The van der Waals surface area contributed by atoms with Gasteiger partial charge in [0.05, 0.1) is 0 Å². The van der Waals surface area contributed by atoms with E-state index in [1.54, 1.807) is 0 Å². The molecule has 7 heavy (non-hydrogen) atoms. The van der Waals surface area contributed by atoms with Crippen LogP contribution in [0.25, 0.3) is 0 Å². The van der Waals surface area contributed by atoms with Crippen LogP contribution >= 0.6 is 0 Å². The molecule has 0 saturated heterocycles. The van der Waals surface area contributed by atoms with Crippen molar-refractivity contribution in [2.24, 2.45) is 0 Å². The molecule has 0 aliphatic heterocycles. The van der Waals surface area contributed by atoms with Crippen molar-refractivity contribution in [2.75, 3.05) is 0 Å². The van der Waals surface area contributed by atoms with Crippen LogP contribution in [0.15, 0.2) is 0 Å². The second-order valence-corrected chi connectivity index (χ2v) is 7.98. The van der Waals surface area contributed by atoms with E-state index in [1.165, 1.54) is 0 Å². The van der Waals surface area contributed by atoms with Gasteiger partial charge in [0.2, 0.25) is 0 Å². The van der Waals surface area contributed by atoms with Crippen molar-refractivity contribution in [1.29, 1.82) is 0 Å². The molecule has 0 heterocycles. The first-order valence-electron chi connectivity index (χ1n) is 1.08. The standard InChI is InChI=1S/H6O6Te/c1-7(2,3,4,5)6/h1-6H/p-1. The van der Waals surface area contributed by atoms with Crippen LogP contribution in [-0.2, 0) is 0 Å². The molecule has 0 unspecified atom stereocenters. The molecule has 0 fully saturated rings. The van der Waals surface area contributed by atoms with Crippen LogP contribution in [0.2, 0.25) is 0 Å². The molecule has 0 aromatic heterocycles. The average molecular weight is 229 g/mol. The molecule has 0 aromatic rings. The molecule has 0 aromatic carbocycles. The summed E-state index contributed by atoms with van der Waals surface area (Å²) in [5.74, 6) is 0. The van der Waals surface area contributed by atoms with E-state index in [1.807, 2.05) is 0 Å². The molecular formula is H5O6Te-. The van der Waals surface area contributed by atoms with Crippen LogP contribution in [0.1, 0.15) is 0 Å². The second kappa shape index (κ2) is 0.834. The van der Waals surface area contributed by atoms with E-state index in [9.17, 15) is 3.47 Å². The second-order valence-electron chi connectivity index (χ2n) is 1.19. The van der Waals surface area contributed by atoms with Gasteiger partial charge in [0, 0.05) is 0 Å². The van der Waals surface area contributed by atoms with Gasteiger partial charge in [-0.3, -0.25) is 0 Å². The van der Waals surface area contributed by atoms with Gasteiger partial charge in [-0.25, -0.2) is 0 Å². The van der Waals surface area contributed by atoms with Crippen molar-refractivity contribution in [1.82, 2.24) is 0 Å². The average Bonchev–Trinajstić information content (AvgIpc) is 0.592. The summed E-state index contributed by atoms with van der Waals surface area (Å²) in [5, 5.41) is 0. The fraction of sp³-hybridized carbons (Fsp3) is 0. The van der Waals surface area contributed by atoms with E-state index in [0.29, 0.717) is 0 Å². The van der Waals surface area contributed by atoms with Crippen molar-refractivity contribution in [2.45, 2.75) is 0 Å². The molecule has 0 aliphatic rings. The molecule has 0 atom stereocenters. The van der Waals surface area contributed by atoms with Gasteiger partial charge in [0.15, 0.2) is 0 Å². The van der Waals surface area contributed by atoms with Crippen molar-refractivity contribution in [3.8, 4) is 0 Å². The SMILES string of the molecule is [O-][Te](O)(O)(O)(O)O. The van der Waals surface area contributed by atoms with E-state index >= 15 is 0 Å². The van der Waals surface area contributed by atoms with Gasteiger partial charge in [-0.15, -0.1) is 0 Å². The Balaban J connectivity index is 4.43. The van der Waals surface area contributed by atoms with E-state index in [4.69, 9.17) is 17.4 Å². The van der Waals surface area contributed by atoms with Gasteiger partial charge >= 0.3 is 38.7 Å². The molecular weight excluding hydrogens is 224 g/mol. The first-order valence-corrected chi connectivity index (χ1v) is 7.24. The van der Waals surface area contributed by atoms with Gasteiger partial charge in [0.25, 0.3) is 0 Å². The third-order valence-corrected chi connectivity index (χ3v) is 0. The maximum absolute atomic E-state index is 9.22. The Morgan fingerprint density at radius 1 is 0.857 bits per heavy atom. The third kappa shape index (κ3) is 449. The van der Waals surface area contributed by atoms with Crippen molar-refractivity contribution < 1.29 is 20.8 Å². The first-order chi connectivity index (χ1) is 2.45. The Hall–Kier alpha value is 0.550. The predicted molar refractivity (Wildman–Crippen MR) is 16.8 cm³/mol. The molecule has 0 radical (unpaired) electrons. The Morgan fingerprint density at radius 2 is 0.857 bits per heavy atom. The zero-order valence-corrected chi connectivity index (χ0v) is 5.38. The molecule has 0 rings (SSSR count). The monoisotopic (exact) mass is 231 g/mol. The summed E-state index contributed by atoms with van der Waals surface area (Å²) in [6.45, 7) is 0. The molecule has 0 bridgehead atoms. The van der Waals surface area contributed by atoms with Crippen molar-refractivity contribution >= 4 is 17.9 Å². The molecule has 5 N–H and O–H groups in total. The minimum absolute atomic E-state index is 7.31. The third-order valence-electron chi connectivity index (χ3n) is 0. The zero-order valence-electron chi connectivity index (χ0n) is 3.05. The number of rotatable bonds is 0. The van der Waals surface area contributed by atoms with Crippen LogP contribution in [0.3, 0.4) is 0 Å². The Labute approximate surface area is 39.3 Å². The summed E-state index contributed by atoms with van der Waals surface area (Å²) in [5.41, 5.74) is 0. The molecule has 6 nitrogen and oxygen atoms in total. The van der Waals surface area contributed by atoms with Crippen LogP contribution in [0.5, 0.6) is 0 Å². The van der Waals surface area contributed by atoms with Gasteiger partial charge in [0.1, 0.15) is 0 Å². The van der Waals surface area contributed by atoms with Gasteiger partial charge in [-0.05, 0) is 0 Å². The number of hydrogen-bond acceptors (Lipinski definition) is 6. The summed E-state index contributed by atoms with van der Waals surface area (Å²) in [4.78, 5) is 0. The van der Waals surface area contributed by atoms with Gasteiger partial charge in [-0.1, -0.05) is 0 Å². The number of hydrogen-bond donors (Lipinski definition) is 5. The van der Waals surface area contributed by atoms with Gasteiger partial charge in [-0.2, -0.15) is 0 Å². The predicted octanol–water partition coefficient (Wildman–Crippen LogP) is -4.35. The van der Waals surface area contributed by atoms with E-state index in [-0.39, 0.29) is 0 Å². The summed E-state index contributed by atoms with van der Waals surface area (Å²) in [6, 6.07) is 0. The van der Waals surface area contributed by atoms with Gasteiger partial charge < -0.3 is 0 Å². The van der Waals surface area contributed by atoms with E-state index in [2.05, 4.69) is 0 Å². The van der Waals surface area contributed by atoms with Crippen LogP contribution in [0, 0.1) is 0 Å². The summed E-state index contributed by atoms with van der Waals surface area (Å²) in [7, 11) is 0. The molecule has 0 aliphatic carbocycles. The quantitative estimate of drug-likeness (QED) is 0.267. The molecule has 0 saturated carbocycles. The Kier molecular flexibility index (Phi) is 0.900. The Bertz CT molecular complexity index is 62.7. The molecule has 0 amide bonds. The van der Waals surface area contributed by atoms with E-state index in [0.717, 1.165) is 0 Å². The van der Waals surface area contributed by atoms with E-state index < -0.39 is 17.9 Å². The topological polar surface area (TPSA) is 124 Å². The van der Waals surface area contributed by atoms with Crippen molar-refractivity contribution in [3.05, 3.63) is 0 Å². The fourth-order valence-electron chi connectivity index (χ4n) is 0. The first kappa shape index (κ1) is 7.55. The normalized spacial score (nSPS) is 23.1. The van der Waals surface area contributed by atoms with Crippen molar-refractivity contribution in [3.63, 3.8) is 0 Å². The fourth-order valence-corrected chi connectivity index (χ4v) is 0. The zero-order chi connectivity index (χ0) is 6.41. The molecule has 7 heteroatoms.